The number of hydrogen-bond acceptors (Lipinski definition) is 9. The van der Waals surface area contributed by atoms with Gasteiger partial charge in [0.2, 0.25) is 5.91 Å². The second-order valence-corrected chi connectivity index (χ2v) is 23.1. The van der Waals surface area contributed by atoms with Crippen LogP contribution in [0.25, 0.3) is 0 Å². The minimum atomic E-state index is -4.97. The van der Waals surface area contributed by atoms with Gasteiger partial charge in [-0.1, -0.05) is 62.3 Å². The molecule has 0 aromatic carbocycles. The molecule has 5 fully saturated rings. The zero-order valence-corrected chi connectivity index (χ0v) is 40.1. The third-order valence-corrected chi connectivity index (χ3v) is 18.5. The Morgan fingerprint density at radius 3 is 2.14 bits per heavy atom. The molecule has 4 unspecified atom stereocenters. The number of Topliss-reactive ketones (excluding diaryl/α,β-unsaturated/α-hetero) is 1. The fourth-order valence-corrected chi connectivity index (χ4v) is 14.7. The number of aliphatic carboxylic acids is 1. The lowest BCUT2D eigenvalue weighted by Crippen LogP contribution is -2.68. The maximum absolute atomic E-state index is 14.5. The van der Waals surface area contributed by atoms with Gasteiger partial charge < -0.3 is 25.2 Å². The number of carbonyl (C=O) groups excluding carboxylic acids is 5. The normalized spacial score (nSPS) is 36.0. The summed E-state index contributed by atoms with van der Waals surface area (Å²) in [6.07, 6.45) is 0.147. The number of alkyl halides is 3. The maximum atomic E-state index is 14.5. The number of carbonyl (C=O) groups is 6. The number of nitrogens with zero attached hydrogens (tertiary/aromatic N) is 2. The van der Waals surface area contributed by atoms with Gasteiger partial charge in [-0.25, -0.2) is 4.79 Å². The Labute approximate surface area is 380 Å². The SMILES string of the molecule is CCOC(=O)n1nc(C(F)(F)F)cc1C(=O)NC(C)(C)C(=O)NC12CC[C@]3(C)[C@H](CC[C@@H]4C5(C)CCC(OC(=O)[C@H]6C[C@@H](C(=O)O)C6(C)C)C(C)(C)[C@@H]5CCC43C)C1=C(C(C)C)C(=O)C2. The molecule has 3 N–H and O–H groups in total. The van der Waals surface area contributed by atoms with Crippen LogP contribution in [0, 0.1) is 62.6 Å². The van der Waals surface area contributed by atoms with E-state index in [-0.39, 0.29) is 81.4 Å². The quantitative estimate of drug-likeness (QED) is 0.202. The zero-order chi connectivity index (χ0) is 48.4. The summed E-state index contributed by atoms with van der Waals surface area (Å²) >= 11 is 0. The molecule has 0 saturated heterocycles. The molecule has 1 aromatic heterocycles. The summed E-state index contributed by atoms with van der Waals surface area (Å²) in [5, 5.41) is 18.7. The van der Waals surface area contributed by atoms with Crippen molar-refractivity contribution in [2.24, 2.45) is 62.6 Å². The van der Waals surface area contributed by atoms with Crippen LogP contribution in [0.4, 0.5) is 18.0 Å². The van der Waals surface area contributed by atoms with Gasteiger partial charge in [-0.15, -0.1) is 0 Å². The molecule has 0 aliphatic heterocycles. The summed E-state index contributed by atoms with van der Waals surface area (Å²) in [4.78, 5) is 80.5. The first kappa shape index (κ1) is 48.7. The Bertz CT molecular complexity index is 2230. The van der Waals surface area contributed by atoms with Gasteiger partial charge in [0.05, 0.1) is 24.0 Å². The highest BCUT2D eigenvalue weighted by atomic mass is 19.4. The zero-order valence-electron chi connectivity index (χ0n) is 40.1. The van der Waals surface area contributed by atoms with Gasteiger partial charge in [0.15, 0.2) is 11.5 Å². The summed E-state index contributed by atoms with van der Waals surface area (Å²) in [7, 11) is 0. The Morgan fingerprint density at radius 1 is 0.892 bits per heavy atom. The molecule has 65 heavy (non-hydrogen) atoms. The number of ketones is 1. The summed E-state index contributed by atoms with van der Waals surface area (Å²) in [6, 6.07) is 0.439. The van der Waals surface area contributed by atoms with Crippen molar-refractivity contribution in [3.63, 3.8) is 0 Å². The summed E-state index contributed by atoms with van der Waals surface area (Å²) in [5.41, 5.74) is -4.77. The van der Waals surface area contributed by atoms with Crippen LogP contribution >= 0.6 is 0 Å². The van der Waals surface area contributed by atoms with Gasteiger partial charge in [-0.2, -0.15) is 23.0 Å². The Kier molecular flexibility index (Phi) is 11.7. The number of carboxylic acid groups (broad SMARTS) is 1. The van der Waals surface area contributed by atoms with Crippen LogP contribution < -0.4 is 10.6 Å². The molecule has 1 aromatic rings. The first-order chi connectivity index (χ1) is 29.8. The lowest BCUT2D eigenvalue weighted by atomic mass is 9.33. The maximum Gasteiger partial charge on any atom is 0.435 e. The molecular weight excluding hydrogens is 846 g/mol. The second-order valence-electron chi connectivity index (χ2n) is 23.1. The van der Waals surface area contributed by atoms with E-state index in [4.69, 9.17) is 9.47 Å². The van der Waals surface area contributed by atoms with E-state index in [1.807, 2.05) is 27.7 Å². The average molecular weight is 915 g/mol. The van der Waals surface area contributed by atoms with Crippen molar-refractivity contribution in [3.05, 3.63) is 28.6 Å². The molecule has 360 valence electrons. The van der Waals surface area contributed by atoms with Crippen molar-refractivity contribution >= 4 is 35.6 Å². The van der Waals surface area contributed by atoms with Crippen LogP contribution in [-0.2, 0) is 34.8 Å². The molecule has 6 aliphatic rings. The largest absolute Gasteiger partial charge is 0.481 e. The van der Waals surface area contributed by atoms with Gasteiger partial charge >= 0.3 is 24.2 Å². The summed E-state index contributed by atoms with van der Waals surface area (Å²) < 4.78 is 52.6. The predicted octanol–water partition coefficient (Wildman–Crippen LogP) is 8.92. The number of fused-ring (bicyclic) bond motifs is 7. The lowest BCUT2D eigenvalue weighted by Gasteiger charge is -2.72. The number of aromatic nitrogens is 2. The monoisotopic (exact) mass is 915 g/mol. The highest BCUT2D eigenvalue weighted by Gasteiger charge is 2.71. The predicted molar refractivity (Wildman–Crippen MR) is 232 cm³/mol. The van der Waals surface area contributed by atoms with E-state index >= 15 is 0 Å². The molecule has 0 bridgehead atoms. The van der Waals surface area contributed by atoms with Crippen LogP contribution in [0.3, 0.4) is 0 Å². The highest BCUT2D eigenvalue weighted by Crippen LogP contribution is 2.76. The van der Waals surface area contributed by atoms with Gasteiger partial charge in [0, 0.05) is 17.9 Å². The van der Waals surface area contributed by atoms with Crippen molar-refractivity contribution in [1.29, 1.82) is 0 Å². The van der Waals surface area contributed by atoms with Gasteiger partial charge in [0.1, 0.15) is 17.3 Å². The van der Waals surface area contributed by atoms with E-state index in [0.717, 1.165) is 49.7 Å². The van der Waals surface area contributed by atoms with Crippen molar-refractivity contribution in [3.8, 4) is 0 Å². The van der Waals surface area contributed by atoms with Crippen molar-refractivity contribution in [2.45, 2.75) is 171 Å². The smallest absolute Gasteiger partial charge is 0.435 e. The van der Waals surface area contributed by atoms with E-state index in [1.165, 1.54) is 20.8 Å². The topological polar surface area (TPSA) is 183 Å². The molecule has 2 amide bonds. The molecule has 10 atom stereocenters. The van der Waals surface area contributed by atoms with Gasteiger partial charge in [0.25, 0.3) is 5.91 Å². The Morgan fingerprint density at radius 2 is 1.55 bits per heavy atom. The van der Waals surface area contributed by atoms with Gasteiger partial charge in [-0.05, 0) is 135 Å². The molecule has 7 rings (SSSR count). The number of carboxylic acids is 1. The number of allylic oxidation sites excluding steroid dienone is 1. The number of nitrogens with one attached hydrogen (secondary N) is 2. The second kappa shape index (κ2) is 15.7. The molecule has 1 heterocycles. The molecule has 5 saturated carbocycles. The van der Waals surface area contributed by atoms with E-state index in [9.17, 15) is 47.0 Å². The van der Waals surface area contributed by atoms with E-state index < -0.39 is 69.8 Å². The number of rotatable bonds is 9. The number of esters is 1. The summed E-state index contributed by atoms with van der Waals surface area (Å²) in [6.45, 7) is 23.5. The van der Waals surface area contributed by atoms with E-state index in [2.05, 4.69) is 50.4 Å². The molecule has 6 aliphatic carbocycles. The van der Waals surface area contributed by atoms with E-state index in [0.29, 0.717) is 24.8 Å². The summed E-state index contributed by atoms with van der Waals surface area (Å²) in [5.74, 6) is -3.59. The van der Waals surface area contributed by atoms with E-state index in [1.54, 1.807) is 0 Å². The number of halogens is 3. The van der Waals surface area contributed by atoms with Crippen molar-refractivity contribution < 1.29 is 56.5 Å². The van der Waals surface area contributed by atoms with Crippen LogP contribution in [0.1, 0.15) is 163 Å². The molecule has 16 heteroatoms. The first-order valence-electron chi connectivity index (χ1n) is 23.5. The Balaban J connectivity index is 1.13. The van der Waals surface area contributed by atoms with Crippen molar-refractivity contribution in [2.75, 3.05) is 6.61 Å². The molecule has 0 spiro atoms. The molecule has 13 nitrogen and oxygen atoms in total. The molecule has 0 radical (unpaired) electrons. The van der Waals surface area contributed by atoms with Crippen LogP contribution in [0.5, 0.6) is 0 Å². The third-order valence-electron chi connectivity index (χ3n) is 18.5. The fourth-order valence-electron chi connectivity index (χ4n) is 14.7. The first-order valence-corrected chi connectivity index (χ1v) is 23.5. The van der Waals surface area contributed by atoms with Crippen molar-refractivity contribution in [1.82, 2.24) is 20.4 Å². The number of hydrogen-bond donors (Lipinski definition) is 3. The van der Waals surface area contributed by atoms with Crippen LogP contribution in [0.15, 0.2) is 17.2 Å². The minimum Gasteiger partial charge on any atom is -0.481 e. The fraction of sp³-hybridized carbons (Fsp3) is 0.776. The number of amides is 2. The van der Waals surface area contributed by atoms with Gasteiger partial charge in [-0.3, -0.25) is 24.0 Å². The average Bonchev–Trinajstić information content (AvgIpc) is 3.76. The van der Waals surface area contributed by atoms with Crippen LogP contribution in [-0.4, -0.2) is 74.3 Å². The minimum absolute atomic E-state index is 0.0271. The standard InChI is InChI=1S/C49H69F3N4O9/c1-13-64-41(63)56-29(23-33(55-56)49(50,51)52)37(58)53-44(8,9)40(62)54-48-21-20-46(11)26(36(48)35(25(2)3)30(57)24-48)14-15-32-45(10)18-17-34(43(6,7)31(45)16-19-47(32,46)12)65-39(61)28-22-27(38(59)60)42(28,4)5/h23,25-28,31-32,34H,13-22,24H2,1-12H3,(H,53,58)(H,54,62)(H,59,60)/t26-,27+,28-,31+,32-,34?,45?,46-,47?,48?/m1/s1. The lowest BCUT2D eigenvalue weighted by molar-refractivity contribution is -0.235. The Hall–Kier alpha value is -4.24. The molecular formula is C49H69F3N4O9. The van der Waals surface area contributed by atoms with Crippen LogP contribution in [0.2, 0.25) is 0 Å². The number of ether oxygens (including phenoxy) is 2. The third kappa shape index (κ3) is 7.34. The highest BCUT2D eigenvalue weighted by molar-refractivity contribution is 6.04.